The second-order valence-corrected chi connectivity index (χ2v) is 4.19. The molecule has 0 heterocycles. The highest BCUT2D eigenvalue weighted by molar-refractivity contribution is 5.78. The van der Waals surface area contributed by atoms with Crippen LogP contribution in [0.15, 0.2) is 0 Å². The summed E-state index contributed by atoms with van der Waals surface area (Å²) < 4.78 is 5.32. The van der Waals surface area contributed by atoms with Crippen molar-refractivity contribution in [3.8, 4) is 0 Å². The largest absolute Gasteiger partial charge is 0.481 e. The first-order valence-corrected chi connectivity index (χ1v) is 6.28. The molecule has 0 aromatic rings. The molecule has 0 bridgehead atoms. The zero-order chi connectivity index (χ0) is 14.1. The molecule has 6 heteroatoms. The number of amides is 1. The fraction of sp³-hybridized carbons (Fsp3) is 0.833. The summed E-state index contributed by atoms with van der Waals surface area (Å²) in [5.41, 5.74) is 5.51. The highest BCUT2D eigenvalue weighted by atomic mass is 16.5. The van der Waals surface area contributed by atoms with Crippen LogP contribution < -0.4 is 5.73 Å². The predicted molar refractivity (Wildman–Crippen MR) is 68.1 cm³/mol. The Bertz CT molecular complexity index is 271. The van der Waals surface area contributed by atoms with Crippen molar-refractivity contribution in [1.29, 1.82) is 0 Å². The van der Waals surface area contributed by atoms with E-state index in [1.165, 1.54) is 4.90 Å². The fourth-order valence-electron chi connectivity index (χ4n) is 1.59. The number of aliphatic carboxylic acids is 1. The maximum atomic E-state index is 12.0. The molecule has 2 atom stereocenters. The van der Waals surface area contributed by atoms with Gasteiger partial charge < -0.3 is 20.5 Å². The van der Waals surface area contributed by atoms with Gasteiger partial charge in [0.15, 0.2) is 0 Å². The van der Waals surface area contributed by atoms with E-state index in [-0.39, 0.29) is 31.5 Å². The number of nitrogens with two attached hydrogens (primary N) is 1. The van der Waals surface area contributed by atoms with Crippen LogP contribution in [-0.4, -0.2) is 54.2 Å². The first kappa shape index (κ1) is 16.9. The second kappa shape index (κ2) is 8.88. The Kier molecular flexibility index (Phi) is 8.32. The van der Waals surface area contributed by atoms with Crippen molar-refractivity contribution in [2.24, 2.45) is 11.7 Å². The third-order valence-corrected chi connectivity index (χ3v) is 2.72. The van der Waals surface area contributed by atoms with Crippen LogP contribution in [0.5, 0.6) is 0 Å². The summed E-state index contributed by atoms with van der Waals surface area (Å²) in [5.74, 6) is -1.59. The number of hydrogen-bond acceptors (Lipinski definition) is 4. The van der Waals surface area contributed by atoms with Crippen LogP contribution in [-0.2, 0) is 14.3 Å². The van der Waals surface area contributed by atoms with Crippen LogP contribution in [0.25, 0.3) is 0 Å². The molecule has 106 valence electrons. The van der Waals surface area contributed by atoms with E-state index < -0.39 is 11.9 Å². The Labute approximate surface area is 108 Å². The van der Waals surface area contributed by atoms with Crippen molar-refractivity contribution in [3.63, 3.8) is 0 Å². The SMILES string of the molecule is CCOC(CN)CC(=O)N(CC)CC(C)C(=O)O. The van der Waals surface area contributed by atoms with Crippen LogP contribution >= 0.6 is 0 Å². The first-order chi connectivity index (χ1) is 8.46. The number of carboxylic acid groups (broad SMARTS) is 1. The predicted octanol–water partition coefficient (Wildman–Crippen LogP) is 0.310. The van der Waals surface area contributed by atoms with Gasteiger partial charge in [0.05, 0.1) is 18.4 Å². The third-order valence-electron chi connectivity index (χ3n) is 2.72. The monoisotopic (exact) mass is 260 g/mol. The van der Waals surface area contributed by atoms with Gasteiger partial charge in [-0.3, -0.25) is 9.59 Å². The highest BCUT2D eigenvalue weighted by Crippen LogP contribution is 2.06. The van der Waals surface area contributed by atoms with Gasteiger partial charge in [-0.1, -0.05) is 6.92 Å². The molecule has 0 aliphatic carbocycles. The molecule has 0 saturated carbocycles. The van der Waals surface area contributed by atoms with E-state index in [4.69, 9.17) is 15.6 Å². The molecule has 0 aromatic heterocycles. The lowest BCUT2D eigenvalue weighted by Crippen LogP contribution is -2.40. The lowest BCUT2D eigenvalue weighted by molar-refractivity contribution is -0.143. The van der Waals surface area contributed by atoms with Crippen molar-refractivity contribution < 1.29 is 19.4 Å². The minimum Gasteiger partial charge on any atom is -0.481 e. The summed E-state index contributed by atoms with van der Waals surface area (Å²) in [6.45, 7) is 6.75. The average Bonchev–Trinajstić information content (AvgIpc) is 2.34. The minimum atomic E-state index is -0.901. The molecule has 18 heavy (non-hydrogen) atoms. The van der Waals surface area contributed by atoms with Gasteiger partial charge in [-0.2, -0.15) is 0 Å². The van der Waals surface area contributed by atoms with E-state index >= 15 is 0 Å². The number of carboxylic acids is 1. The summed E-state index contributed by atoms with van der Waals surface area (Å²) in [7, 11) is 0. The van der Waals surface area contributed by atoms with Crippen LogP contribution in [0.3, 0.4) is 0 Å². The number of carbonyl (C=O) groups excluding carboxylic acids is 1. The van der Waals surface area contributed by atoms with Crippen molar-refractivity contribution >= 4 is 11.9 Å². The number of nitrogens with zero attached hydrogens (tertiary/aromatic N) is 1. The molecule has 2 unspecified atom stereocenters. The summed E-state index contributed by atoms with van der Waals surface area (Å²) in [5, 5.41) is 8.84. The maximum absolute atomic E-state index is 12.0. The molecule has 0 aromatic carbocycles. The number of ether oxygens (including phenoxy) is 1. The van der Waals surface area contributed by atoms with Gasteiger partial charge >= 0.3 is 5.97 Å². The topological polar surface area (TPSA) is 92.9 Å². The molecule has 0 aliphatic heterocycles. The Hall–Kier alpha value is -1.14. The summed E-state index contributed by atoms with van der Waals surface area (Å²) >= 11 is 0. The molecule has 0 saturated heterocycles. The molecule has 3 N–H and O–H groups in total. The maximum Gasteiger partial charge on any atom is 0.308 e. The Morgan fingerprint density at radius 1 is 1.39 bits per heavy atom. The summed E-state index contributed by atoms with van der Waals surface area (Å²) in [6.07, 6.45) is -0.0958. The van der Waals surface area contributed by atoms with Crippen LogP contribution in [0.4, 0.5) is 0 Å². The van der Waals surface area contributed by atoms with E-state index in [1.807, 2.05) is 13.8 Å². The second-order valence-electron chi connectivity index (χ2n) is 4.19. The lowest BCUT2D eigenvalue weighted by atomic mass is 10.1. The van der Waals surface area contributed by atoms with E-state index in [0.717, 1.165) is 0 Å². The Balaban J connectivity index is 4.37. The lowest BCUT2D eigenvalue weighted by Gasteiger charge is -2.25. The smallest absolute Gasteiger partial charge is 0.308 e. The van der Waals surface area contributed by atoms with E-state index in [1.54, 1.807) is 6.92 Å². The molecule has 0 rings (SSSR count). The van der Waals surface area contributed by atoms with Crippen molar-refractivity contribution in [1.82, 2.24) is 4.90 Å². The Morgan fingerprint density at radius 2 is 2.00 bits per heavy atom. The number of hydrogen-bond donors (Lipinski definition) is 2. The van der Waals surface area contributed by atoms with Gasteiger partial charge in [0.25, 0.3) is 0 Å². The molecular weight excluding hydrogens is 236 g/mol. The fourth-order valence-corrected chi connectivity index (χ4v) is 1.59. The van der Waals surface area contributed by atoms with Crippen molar-refractivity contribution in [2.75, 3.05) is 26.2 Å². The van der Waals surface area contributed by atoms with Crippen LogP contribution in [0.1, 0.15) is 27.2 Å². The van der Waals surface area contributed by atoms with Gasteiger partial charge in [-0.15, -0.1) is 0 Å². The average molecular weight is 260 g/mol. The molecule has 0 radical (unpaired) electrons. The van der Waals surface area contributed by atoms with Gasteiger partial charge in [0.2, 0.25) is 5.91 Å². The van der Waals surface area contributed by atoms with Crippen LogP contribution in [0, 0.1) is 5.92 Å². The van der Waals surface area contributed by atoms with Gasteiger partial charge in [-0.05, 0) is 13.8 Å². The third kappa shape index (κ3) is 5.97. The van der Waals surface area contributed by atoms with E-state index in [2.05, 4.69) is 0 Å². The Morgan fingerprint density at radius 3 is 2.39 bits per heavy atom. The summed E-state index contributed by atoms with van der Waals surface area (Å²) in [6, 6.07) is 0. The number of carbonyl (C=O) groups is 2. The zero-order valence-corrected chi connectivity index (χ0v) is 11.4. The molecule has 1 amide bonds. The molecule has 0 fully saturated rings. The van der Waals surface area contributed by atoms with Crippen molar-refractivity contribution in [3.05, 3.63) is 0 Å². The molecular formula is C12H24N2O4. The molecule has 0 aliphatic rings. The summed E-state index contributed by atoms with van der Waals surface area (Å²) in [4.78, 5) is 24.3. The molecule has 0 spiro atoms. The first-order valence-electron chi connectivity index (χ1n) is 6.28. The van der Waals surface area contributed by atoms with Crippen LogP contribution in [0.2, 0.25) is 0 Å². The van der Waals surface area contributed by atoms with Gasteiger partial charge in [0.1, 0.15) is 0 Å². The van der Waals surface area contributed by atoms with E-state index in [0.29, 0.717) is 13.2 Å². The minimum absolute atomic E-state index is 0.116. The zero-order valence-electron chi connectivity index (χ0n) is 11.4. The highest BCUT2D eigenvalue weighted by Gasteiger charge is 2.21. The normalized spacial score (nSPS) is 14.0. The van der Waals surface area contributed by atoms with Gasteiger partial charge in [0, 0.05) is 26.2 Å². The van der Waals surface area contributed by atoms with Gasteiger partial charge in [-0.25, -0.2) is 0 Å². The van der Waals surface area contributed by atoms with Crippen molar-refractivity contribution in [2.45, 2.75) is 33.3 Å². The number of rotatable bonds is 9. The standard InChI is InChI=1S/C12H24N2O4/c1-4-14(8-9(3)12(16)17)11(15)6-10(7-13)18-5-2/h9-10H,4-8,13H2,1-3H3,(H,16,17). The molecule has 6 nitrogen and oxygen atoms in total. The van der Waals surface area contributed by atoms with E-state index in [9.17, 15) is 9.59 Å². The quantitative estimate of drug-likeness (QED) is 0.622.